The average molecular weight is 389 g/mol. The minimum Gasteiger partial charge on any atom is -0.453 e. The Morgan fingerprint density at radius 3 is 2.30 bits per heavy atom. The first-order chi connectivity index (χ1) is 12.7. The van der Waals surface area contributed by atoms with Crippen molar-refractivity contribution in [3.63, 3.8) is 0 Å². The van der Waals surface area contributed by atoms with Crippen LogP contribution in [-0.4, -0.2) is 32.2 Å². The minimum atomic E-state index is -3.58. The number of hydrogen-bond donors (Lipinski definition) is 1. The molecule has 0 radical (unpaired) electrons. The first-order valence-corrected chi connectivity index (χ1v) is 10.2. The fourth-order valence-electron chi connectivity index (χ4n) is 2.34. The molecule has 0 saturated carbocycles. The van der Waals surface area contributed by atoms with Crippen LogP contribution in [-0.2, 0) is 24.2 Å². The van der Waals surface area contributed by atoms with Crippen LogP contribution in [0.1, 0.15) is 24.5 Å². The lowest BCUT2D eigenvalue weighted by atomic mass is 10.2. The third kappa shape index (κ3) is 5.92. The second kappa shape index (κ2) is 8.81. The number of hydrogen-bond acceptors (Lipinski definition) is 5. The molecule has 0 aromatic heterocycles. The largest absolute Gasteiger partial charge is 0.453 e. The van der Waals surface area contributed by atoms with Crippen LogP contribution < -0.4 is 5.32 Å². The van der Waals surface area contributed by atoms with Gasteiger partial charge in [-0.1, -0.05) is 35.9 Å². The van der Waals surface area contributed by atoms with Crippen molar-refractivity contribution >= 4 is 27.4 Å². The van der Waals surface area contributed by atoms with Gasteiger partial charge in [-0.05, 0) is 44.5 Å². The number of carbonyl (C=O) groups is 2. The van der Waals surface area contributed by atoms with E-state index in [0.29, 0.717) is 5.69 Å². The molecule has 0 aliphatic heterocycles. The first kappa shape index (κ1) is 20.6. The quantitative estimate of drug-likeness (QED) is 0.735. The fourth-order valence-corrected chi connectivity index (χ4v) is 3.56. The molecule has 0 fully saturated rings. The topological polar surface area (TPSA) is 89.5 Å². The van der Waals surface area contributed by atoms with Crippen molar-refractivity contribution in [2.75, 3.05) is 11.1 Å². The van der Waals surface area contributed by atoms with Crippen LogP contribution in [0, 0.1) is 13.8 Å². The highest BCUT2D eigenvalue weighted by Crippen LogP contribution is 2.15. The molecule has 0 unspecified atom stereocenters. The van der Waals surface area contributed by atoms with E-state index in [2.05, 4.69) is 5.32 Å². The molecule has 144 valence electrons. The predicted octanol–water partition coefficient (Wildman–Crippen LogP) is 3.04. The van der Waals surface area contributed by atoms with Gasteiger partial charge >= 0.3 is 5.97 Å². The zero-order chi connectivity index (χ0) is 20.0. The summed E-state index contributed by atoms with van der Waals surface area (Å²) < 4.78 is 29.6. The average Bonchev–Trinajstić information content (AvgIpc) is 2.62. The van der Waals surface area contributed by atoms with Crippen LogP contribution >= 0.6 is 0 Å². The van der Waals surface area contributed by atoms with Gasteiger partial charge in [-0.25, -0.2) is 8.42 Å². The number of carbonyl (C=O) groups excluding carboxylic acids is 2. The maximum atomic E-state index is 12.3. The Bertz CT molecular complexity index is 920. The monoisotopic (exact) mass is 389 g/mol. The van der Waals surface area contributed by atoms with E-state index in [-0.39, 0.29) is 17.1 Å². The van der Waals surface area contributed by atoms with Crippen molar-refractivity contribution in [1.29, 1.82) is 0 Å². The van der Waals surface area contributed by atoms with E-state index < -0.39 is 27.8 Å². The molecule has 27 heavy (non-hydrogen) atoms. The van der Waals surface area contributed by atoms with E-state index in [4.69, 9.17) is 4.74 Å². The number of esters is 1. The molecule has 1 N–H and O–H groups in total. The maximum Gasteiger partial charge on any atom is 0.307 e. The summed E-state index contributed by atoms with van der Waals surface area (Å²) in [6, 6.07) is 13.6. The Morgan fingerprint density at radius 2 is 1.67 bits per heavy atom. The number of rotatable bonds is 7. The van der Waals surface area contributed by atoms with Gasteiger partial charge in [0, 0.05) is 5.69 Å². The summed E-state index contributed by atoms with van der Waals surface area (Å²) in [5.41, 5.74) is 2.46. The molecule has 2 aromatic rings. The van der Waals surface area contributed by atoms with Crippen molar-refractivity contribution in [3.05, 3.63) is 59.7 Å². The molecular formula is C20H23NO5S. The van der Waals surface area contributed by atoms with Crippen LogP contribution in [0.15, 0.2) is 53.4 Å². The summed E-state index contributed by atoms with van der Waals surface area (Å²) in [5, 5.41) is 2.68. The summed E-state index contributed by atoms with van der Waals surface area (Å²) in [6.07, 6.45) is -1.35. The lowest BCUT2D eigenvalue weighted by Gasteiger charge is -2.14. The zero-order valence-electron chi connectivity index (χ0n) is 15.6. The number of aryl methyl sites for hydroxylation is 2. The highest BCUT2D eigenvalue weighted by molar-refractivity contribution is 7.91. The van der Waals surface area contributed by atoms with E-state index in [0.717, 1.165) is 11.1 Å². The molecule has 0 bridgehead atoms. The van der Waals surface area contributed by atoms with Gasteiger partial charge < -0.3 is 10.1 Å². The van der Waals surface area contributed by atoms with Crippen molar-refractivity contribution in [3.8, 4) is 0 Å². The van der Waals surface area contributed by atoms with E-state index in [1.165, 1.54) is 19.1 Å². The van der Waals surface area contributed by atoms with Crippen molar-refractivity contribution in [1.82, 2.24) is 0 Å². The summed E-state index contributed by atoms with van der Waals surface area (Å²) in [4.78, 5) is 24.2. The summed E-state index contributed by atoms with van der Waals surface area (Å²) >= 11 is 0. The number of anilines is 1. The second-order valence-electron chi connectivity index (χ2n) is 6.32. The number of amides is 1. The Balaban J connectivity index is 1.88. The number of sulfone groups is 1. The highest BCUT2D eigenvalue weighted by Gasteiger charge is 2.21. The van der Waals surface area contributed by atoms with Crippen molar-refractivity contribution in [2.45, 2.75) is 38.2 Å². The zero-order valence-corrected chi connectivity index (χ0v) is 16.4. The molecule has 0 heterocycles. The third-order valence-electron chi connectivity index (χ3n) is 4.04. The summed E-state index contributed by atoms with van der Waals surface area (Å²) in [5.74, 6) is -1.58. The van der Waals surface area contributed by atoms with E-state index >= 15 is 0 Å². The standard InChI is InChI=1S/C20H23NO5S/c1-14-8-10-17(11-9-14)27(24,25)13-12-19(22)26-16(3)20(23)21-18-7-5-4-6-15(18)2/h4-11,16H,12-13H2,1-3H3,(H,21,23)/t16-/m1/s1. The number of nitrogens with one attached hydrogen (secondary N) is 1. The van der Waals surface area contributed by atoms with Gasteiger partial charge in [0.15, 0.2) is 15.9 Å². The van der Waals surface area contributed by atoms with Gasteiger partial charge in [-0.3, -0.25) is 9.59 Å². The van der Waals surface area contributed by atoms with E-state index in [9.17, 15) is 18.0 Å². The molecule has 0 aliphatic rings. The van der Waals surface area contributed by atoms with E-state index in [1.54, 1.807) is 24.3 Å². The highest BCUT2D eigenvalue weighted by atomic mass is 32.2. The summed E-state index contributed by atoms with van der Waals surface area (Å²) in [6.45, 7) is 5.15. The van der Waals surface area contributed by atoms with Gasteiger partial charge in [0.25, 0.3) is 5.91 Å². The van der Waals surface area contributed by atoms with Crippen LogP contribution in [0.25, 0.3) is 0 Å². The molecule has 6 nitrogen and oxygen atoms in total. The lowest BCUT2D eigenvalue weighted by molar-refractivity contribution is -0.152. The molecule has 1 amide bonds. The Labute approximate surface area is 159 Å². The molecular weight excluding hydrogens is 366 g/mol. The summed E-state index contributed by atoms with van der Waals surface area (Å²) in [7, 11) is -3.58. The molecule has 1 atom stereocenters. The minimum absolute atomic E-state index is 0.159. The molecule has 7 heteroatoms. The molecule has 0 saturated heterocycles. The maximum absolute atomic E-state index is 12.3. The molecule has 0 spiro atoms. The smallest absolute Gasteiger partial charge is 0.307 e. The Morgan fingerprint density at radius 1 is 1.04 bits per heavy atom. The van der Waals surface area contributed by atoms with Crippen molar-refractivity contribution < 1.29 is 22.7 Å². The number of ether oxygens (including phenoxy) is 1. The van der Waals surface area contributed by atoms with Gasteiger partial charge in [0.05, 0.1) is 17.1 Å². The van der Waals surface area contributed by atoms with Crippen LogP contribution in [0.2, 0.25) is 0 Å². The first-order valence-electron chi connectivity index (χ1n) is 8.54. The van der Waals surface area contributed by atoms with Gasteiger partial charge in [0.2, 0.25) is 0 Å². The Hall–Kier alpha value is -2.67. The van der Waals surface area contributed by atoms with Crippen LogP contribution in [0.3, 0.4) is 0 Å². The lowest BCUT2D eigenvalue weighted by Crippen LogP contribution is -2.30. The fraction of sp³-hybridized carbons (Fsp3) is 0.300. The SMILES string of the molecule is Cc1ccc(S(=O)(=O)CCC(=O)O[C@H](C)C(=O)Nc2ccccc2C)cc1. The van der Waals surface area contributed by atoms with Crippen LogP contribution in [0.4, 0.5) is 5.69 Å². The second-order valence-corrected chi connectivity index (χ2v) is 8.43. The third-order valence-corrected chi connectivity index (χ3v) is 5.77. The van der Waals surface area contributed by atoms with Crippen molar-refractivity contribution in [2.24, 2.45) is 0 Å². The number of benzene rings is 2. The predicted molar refractivity (Wildman–Crippen MR) is 103 cm³/mol. The van der Waals surface area contributed by atoms with E-state index in [1.807, 2.05) is 26.0 Å². The number of para-hydroxylation sites is 1. The molecule has 2 rings (SSSR count). The molecule has 0 aliphatic carbocycles. The van der Waals surface area contributed by atoms with Gasteiger partial charge in [-0.2, -0.15) is 0 Å². The Kier molecular flexibility index (Phi) is 6.74. The normalized spacial score (nSPS) is 12.3. The van der Waals surface area contributed by atoms with Crippen LogP contribution in [0.5, 0.6) is 0 Å². The van der Waals surface area contributed by atoms with Gasteiger partial charge in [-0.15, -0.1) is 0 Å². The molecule has 2 aromatic carbocycles. The van der Waals surface area contributed by atoms with Gasteiger partial charge in [0.1, 0.15) is 0 Å².